The summed E-state index contributed by atoms with van der Waals surface area (Å²) in [5, 5.41) is 7.61. The van der Waals surface area contributed by atoms with E-state index in [1.54, 1.807) is 34.9 Å². The first-order valence-corrected chi connectivity index (χ1v) is 11.6. The van der Waals surface area contributed by atoms with E-state index in [2.05, 4.69) is 10.5 Å². The zero-order valence-electron chi connectivity index (χ0n) is 16.9. The van der Waals surface area contributed by atoms with Gasteiger partial charge in [0.1, 0.15) is 11.5 Å². The van der Waals surface area contributed by atoms with Gasteiger partial charge in [-0.15, -0.1) is 0 Å². The van der Waals surface area contributed by atoms with Gasteiger partial charge in [-0.05, 0) is 37.1 Å². The summed E-state index contributed by atoms with van der Waals surface area (Å²) in [6.07, 6.45) is 4.31. The van der Waals surface area contributed by atoms with E-state index in [1.165, 1.54) is 12.1 Å². The molecule has 3 unspecified atom stereocenters. The summed E-state index contributed by atoms with van der Waals surface area (Å²) >= 11 is 1.57. The molecule has 5 rings (SSSR count). The van der Waals surface area contributed by atoms with Crippen LogP contribution in [-0.4, -0.2) is 44.9 Å². The fraction of sp³-hybridized carbons (Fsp3) is 0.455. The average Bonchev–Trinajstić information content (AvgIpc) is 3.41. The molecule has 1 aromatic carbocycles. The standard InChI is InChI=1S/C22H23FN4O3S/c23-14-7-5-13(6-8-14)19-9-15(26-30-19)11-24-20(28)10-16-12-31-22-25-18-4-2-1-3-17(18)21(29)27(16)22/h5-9,16-18H,1-4,10-12H2,(H,24,28). The van der Waals surface area contributed by atoms with Crippen molar-refractivity contribution in [2.75, 3.05) is 5.75 Å². The Morgan fingerprint density at radius 1 is 1.26 bits per heavy atom. The maximum atomic E-state index is 13.1. The van der Waals surface area contributed by atoms with Gasteiger partial charge in [0.05, 0.1) is 24.5 Å². The van der Waals surface area contributed by atoms with Gasteiger partial charge in [-0.3, -0.25) is 19.5 Å². The molecule has 7 nitrogen and oxygen atoms in total. The Morgan fingerprint density at radius 2 is 2.06 bits per heavy atom. The van der Waals surface area contributed by atoms with Crippen molar-refractivity contribution in [2.45, 2.75) is 50.7 Å². The summed E-state index contributed by atoms with van der Waals surface area (Å²) in [7, 11) is 0. The third-order valence-electron chi connectivity index (χ3n) is 6.11. The summed E-state index contributed by atoms with van der Waals surface area (Å²) in [6.45, 7) is 0.225. The smallest absolute Gasteiger partial charge is 0.234 e. The molecule has 2 fully saturated rings. The van der Waals surface area contributed by atoms with E-state index in [1.807, 2.05) is 0 Å². The number of hydrogen-bond acceptors (Lipinski definition) is 6. The van der Waals surface area contributed by atoms with Crippen LogP contribution in [0, 0.1) is 11.7 Å². The highest BCUT2D eigenvalue weighted by Crippen LogP contribution is 2.38. The van der Waals surface area contributed by atoms with Crippen LogP contribution >= 0.6 is 11.8 Å². The number of carbonyl (C=O) groups is 2. The number of amides is 2. The van der Waals surface area contributed by atoms with Gasteiger partial charge >= 0.3 is 0 Å². The fourth-order valence-corrected chi connectivity index (χ4v) is 5.69. The molecule has 1 aromatic heterocycles. The van der Waals surface area contributed by atoms with Crippen molar-refractivity contribution < 1.29 is 18.5 Å². The predicted molar refractivity (Wildman–Crippen MR) is 115 cm³/mol. The van der Waals surface area contributed by atoms with Crippen molar-refractivity contribution in [2.24, 2.45) is 10.9 Å². The van der Waals surface area contributed by atoms with Crippen molar-refractivity contribution >= 4 is 28.7 Å². The highest BCUT2D eigenvalue weighted by atomic mass is 32.2. The van der Waals surface area contributed by atoms with Crippen LogP contribution in [0.4, 0.5) is 4.39 Å². The SMILES string of the molecule is O=C(CC1CSC2=NC3CCCCC3C(=O)N21)NCc1cc(-c2ccc(F)cc2)on1. The molecule has 2 aromatic rings. The Hall–Kier alpha value is -2.68. The minimum absolute atomic E-state index is 0.0261. The summed E-state index contributed by atoms with van der Waals surface area (Å²) in [4.78, 5) is 32.2. The van der Waals surface area contributed by atoms with Gasteiger partial charge in [0.25, 0.3) is 0 Å². The number of amidine groups is 1. The first kappa shape index (κ1) is 20.2. The van der Waals surface area contributed by atoms with Crippen molar-refractivity contribution in [3.8, 4) is 11.3 Å². The number of rotatable bonds is 5. The van der Waals surface area contributed by atoms with Gasteiger partial charge in [0, 0.05) is 23.8 Å². The van der Waals surface area contributed by atoms with Crippen molar-refractivity contribution in [3.63, 3.8) is 0 Å². The summed E-state index contributed by atoms with van der Waals surface area (Å²) < 4.78 is 18.4. The van der Waals surface area contributed by atoms with E-state index < -0.39 is 0 Å². The molecule has 0 bridgehead atoms. The largest absolute Gasteiger partial charge is 0.356 e. The molecular weight excluding hydrogens is 419 g/mol. The van der Waals surface area contributed by atoms with E-state index >= 15 is 0 Å². The molecule has 1 aliphatic carbocycles. The van der Waals surface area contributed by atoms with Gasteiger partial charge in [0.15, 0.2) is 10.9 Å². The van der Waals surface area contributed by atoms with Gasteiger partial charge < -0.3 is 9.84 Å². The fourth-order valence-electron chi connectivity index (χ4n) is 4.49. The molecule has 2 amide bonds. The van der Waals surface area contributed by atoms with Gasteiger partial charge in [0.2, 0.25) is 11.8 Å². The Morgan fingerprint density at radius 3 is 2.90 bits per heavy atom. The highest BCUT2D eigenvalue weighted by Gasteiger charge is 2.45. The monoisotopic (exact) mass is 442 g/mol. The number of thioether (sulfide) groups is 1. The van der Waals surface area contributed by atoms with Crippen LogP contribution in [0.2, 0.25) is 0 Å². The number of aliphatic imine (C=N–C) groups is 1. The van der Waals surface area contributed by atoms with Gasteiger partial charge in [-0.1, -0.05) is 29.8 Å². The Balaban J connectivity index is 1.18. The average molecular weight is 443 g/mol. The maximum Gasteiger partial charge on any atom is 0.234 e. The Labute approximate surface area is 183 Å². The van der Waals surface area contributed by atoms with Crippen LogP contribution in [0.15, 0.2) is 39.8 Å². The molecule has 3 aliphatic rings. The number of nitrogens with one attached hydrogen (secondary N) is 1. The number of carbonyl (C=O) groups excluding carboxylic acids is 2. The third kappa shape index (κ3) is 4.11. The lowest BCUT2D eigenvalue weighted by atomic mass is 9.83. The number of hydrogen-bond donors (Lipinski definition) is 1. The van der Waals surface area contributed by atoms with Crippen LogP contribution in [0.1, 0.15) is 37.8 Å². The van der Waals surface area contributed by atoms with Crippen LogP contribution in [0.3, 0.4) is 0 Å². The molecule has 3 atom stereocenters. The predicted octanol–water partition coefficient (Wildman–Crippen LogP) is 3.36. The summed E-state index contributed by atoms with van der Waals surface area (Å²) in [6, 6.07) is 7.62. The van der Waals surface area contributed by atoms with Gasteiger partial charge in [-0.25, -0.2) is 4.39 Å². The molecule has 1 saturated heterocycles. The van der Waals surface area contributed by atoms with Crippen LogP contribution in [0.25, 0.3) is 11.3 Å². The van der Waals surface area contributed by atoms with Crippen molar-refractivity contribution in [1.29, 1.82) is 0 Å². The molecule has 9 heteroatoms. The normalized spacial score (nSPS) is 25.1. The molecule has 31 heavy (non-hydrogen) atoms. The molecule has 162 valence electrons. The Kier molecular flexibility index (Phi) is 5.52. The molecule has 1 saturated carbocycles. The molecule has 2 aliphatic heterocycles. The topological polar surface area (TPSA) is 87.8 Å². The van der Waals surface area contributed by atoms with E-state index in [4.69, 9.17) is 9.52 Å². The highest BCUT2D eigenvalue weighted by molar-refractivity contribution is 8.14. The number of nitrogens with zero attached hydrogens (tertiary/aromatic N) is 3. The van der Waals surface area contributed by atoms with E-state index in [0.29, 0.717) is 22.8 Å². The van der Waals surface area contributed by atoms with E-state index in [9.17, 15) is 14.0 Å². The summed E-state index contributed by atoms with van der Waals surface area (Å²) in [5.74, 6) is 0.853. The second-order valence-corrected chi connectivity index (χ2v) is 9.20. The first-order valence-electron chi connectivity index (χ1n) is 10.6. The minimum atomic E-state index is -0.319. The third-order valence-corrected chi connectivity index (χ3v) is 7.22. The molecular formula is C22H23FN4O3S. The van der Waals surface area contributed by atoms with Crippen LogP contribution < -0.4 is 5.32 Å². The molecule has 0 spiro atoms. The summed E-state index contributed by atoms with van der Waals surface area (Å²) in [5.41, 5.74) is 1.29. The zero-order valence-corrected chi connectivity index (χ0v) is 17.7. The van der Waals surface area contributed by atoms with Gasteiger partial charge in [-0.2, -0.15) is 0 Å². The lowest BCUT2D eigenvalue weighted by Gasteiger charge is -2.37. The lowest BCUT2D eigenvalue weighted by molar-refractivity contribution is -0.135. The van der Waals surface area contributed by atoms with Crippen LogP contribution in [0.5, 0.6) is 0 Å². The molecule has 1 N–H and O–H groups in total. The number of aromatic nitrogens is 1. The van der Waals surface area contributed by atoms with Crippen molar-refractivity contribution in [3.05, 3.63) is 41.8 Å². The minimum Gasteiger partial charge on any atom is -0.356 e. The lowest BCUT2D eigenvalue weighted by Crippen LogP contribution is -2.51. The Bertz CT molecular complexity index is 1020. The molecule has 3 heterocycles. The van der Waals surface area contributed by atoms with E-state index in [0.717, 1.165) is 30.9 Å². The maximum absolute atomic E-state index is 13.1. The van der Waals surface area contributed by atoms with Crippen LogP contribution in [-0.2, 0) is 16.1 Å². The second-order valence-electron chi connectivity index (χ2n) is 8.21. The number of fused-ring (bicyclic) bond motifs is 2. The number of halogens is 1. The first-order chi connectivity index (χ1) is 15.1. The quantitative estimate of drug-likeness (QED) is 0.767. The van der Waals surface area contributed by atoms with E-state index in [-0.39, 0.29) is 48.6 Å². The zero-order chi connectivity index (χ0) is 21.4. The van der Waals surface area contributed by atoms with Crippen molar-refractivity contribution in [1.82, 2.24) is 15.4 Å². The molecule has 0 radical (unpaired) electrons. The number of benzene rings is 1. The second kappa shape index (κ2) is 8.45.